The van der Waals surface area contributed by atoms with Crippen molar-refractivity contribution in [3.63, 3.8) is 0 Å². The van der Waals surface area contributed by atoms with Crippen molar-refractivity contribution >= 4 is 95.3 Å². The quantitative estimate of drug-likeness (QED) is 0.0709. The molecule has 12 aromatic carbocycles. The van der Waals surface area contributed by atoms with Crippen molar-refractivity contribution in [3.8, 4) is 56.8 Å². The van der Waals surface area contributed by atoms with E-state index in [4.69, 9.17) is 28.4 Å². The molecule has 0 saturated heterocycles. The molecule has 0 aliphatic heterocycles. The summed E-state index contributed by atoms with van der Waals surface area (Å²) in [6, 6.07) is 107. The average Bonchev–Trinajstić information content (AvgIpc) is 0.914. The van der Waals surface area contributed by atoms with Crippen molar-refractivity contribution in [2.24, 2.45) is 0 Å². The SMILES string of the molecule is COc1ccc(P(c2ccccc2)c2ccccc2)c(-c2c(P(c3ccccc3)c3ccccc3)ccc(OC)c2OC)c1OC.COc1cccc(P(c2ccccc2)c2ccccc2)c1-c1c(OC)cccc1P(c1ccccc1)c1ccccc1. The van der Waals surface area contributed by atoms with E-state index in [9.17, 15) is 0 Å². The zero-order valence-corrected chi connectivity index (χ0v) is 53.7. The molecule has 88 heavy (non-hydrogen) atoms. The Kier molecular flexibility index (Phi) is 20.5. The van der Waals surface area contributed by atoms with Gasteiger partial charge in [-0.1, -0.05) is 267 Å². The van der Waals surface area contributed by atoms with Crippen molar-refractivity contribution < 1.29 is 28.4 Å². The van der Waals surface area contributed by atoms with E-state index < -0.39 is 31.7 Å². The second kappa shape index (κ2) is 29.7. The lowest BCUT2D eigenvalue weighted by Gasteiger charge is -2.29. The fraction of sp³-hybridized carbons (Fsp3) is 0.0769. The van der Waals surface area contributed by atoms with E-state index >= 15 is 0 Å². The summed E-state index contributed by atoms with van der Waals surface area (Å²) in [4.78, 5) is 0. The summed E-state index contributed by atoms with van der Waals surface area (Å²) < 4.78 is 36.9. The Morgan fingerprint density at radius 2 is 0.375 bits per heavy atom. The first-order valence-electron chi connectivity index (χ1n) is 29.0. The molecule has 12 rings (SSSR count). The van der Waals surface area contributed by atoms with Crippen molar-refractivity contribution in [3.05, 3.63) is 303 Å². The lowest BCUT2D eigenvalue weighted by Crippen LogP contribution is -2.26. The third-order valence-corrected chi connectivity index (χ3v) is 25.0. The highest BCUT2D eigenvalue weighted by Gasteiger charge is 2.34. The summed E-state index contributed by atoms with van der Waals surface area (Å²) in [5, 5.41) is 14.8. The maximum atomic E-state index is 6.30. The Labute approximate surface area is 523 Å². The molecule has 0 atom stereocenters. The van der Waals surface area contributed by atoms with E-state index in [1.807, 2.05) is 12.1 Å². The Morgan fingerprint density at radius 1 is 0.170 bits per heavy atom. The summed E-state index contributed by atoms with van der Waals surface area (Å²) in [6.07, 6.45) is 0. The van der Waals surface area contributed by atoms with Gasteiger partial charge < -0.3 is 28.4 Å². The van der Waals surface area contributed by atoms with Crippen LogP contribution in [0.25, 0.3) is 22.3 Å². The first-order valence-corrected chi connectivity index (χ1v) is 34.3. The number of rotatable bonds is 20. The van der Waals surface area contributed by atoms with Gasteiger partial charge >= 0.3 is 0 Å². The summed E-state index contributed by atoms with van der Waals surface area (Å²) >= 11 is 0. The molecule has 0 aliphatic carbocycles. The fourth-order valence-electron chi connectivity index (χ4n) is 11.3. The van der Waals surface area contributed by atoms with Crippen LogP contribution in [0.1, 0.15) is 0 Å². The average molecular weight is 1230 g/mol. The number of methoxy groups -OCH3 is 6. The topological polar surface area (TPSA) is 55.4 Å². The van der Waals surface area contributed by atoms with Gasteiger partial charge in [0.25, 0.3) is 0 Å². The molecule has 0 heterocycles. The summed E-state index contributed by atoms with van der Waals surface area (Å²) in [6.45, 7) is 0. The highest BCUT2D eigenvalue weighted by atomic mass is 31.1. The van der Waals surface area contributed by atoms with Crippen LogP contribution in [0.5, 0.6) is 34.5 Å². The molecule has 0 radical (unpaired) electrons. The largest absolute Gasteiger partial charge is 0.496 e. The molecule has 0 unspecified atom stereocenters. The Morgan fingerprint density at radius 3 is 0.568 bits per heavy atom. The van der Waals surface area contributed by atoms with Gasteiger partial charge in [0, 0.05) is 22.3 Å². The van der Waals surface area contributed by atoms with Gasteiger partial charge in [0.15, 0.2) is 23.0 Å². The van der Waals surface area contributed by atoms with Crippen LogP contribution in [0.2, 0.25) is 0 Å². The molecule has 0 saturated carbocycles. The van der Waals surface area contributed by atoms with Crippen LogP contribution < -0.4 is 92.1 Å². The van der Waals surface area contributed by atoms with Crippen LogP contribution in [0.4, 0.5) is 0 Å². The minimum atomic E-state index is -1.03. The Balaban J connectivity index is 0.000000183. The third kappa shape index (κ3) is 13.1. The van der Waals surface area contributed by atoms with Crippen LogP contribution in [-0.2, 0) is 0 Å². The van der Waals surface area contributed by atoms with Crippen LogP contribution in [0.15, 0.2) is 303 Å². The molecule has 0 spiro atoms. The molecule has 0 fully saturated rings. The van der Waals surface area contributed by atoms with Crippen molar-refractivity contribution in [1.29, 1.82) is 0 Å². The first-order chi connectivity index (χ1) is 43.5. The van der Waals surface area contributed by atoms with Crippen LogP contribution >= 0.6 is 31.7 Å². The van der Waals surface area contributed by atoms with E-state index in [0.717, 1.165) is 44.4 Å². The minimum Gasteiger partial charge on any atom is -0.496 e. The zero-order valence-electron chi connectivity index (χ0n) is 50.1. The molecule has 6 nitrogen and oxygen atoms in total. The second-order valence-corrected chi connectivity index (χ2v) is 28.9. The highest BCUT2D eigenvalue weighted by molar-refractivity contribution is 7.81. The maximum absolute atomic E-state index is 6.30. The summed E-state index contributed by atoms with van der Waals surface area (Å²) in [5.74, 6) is 4.29. The highest BCUT2D eigenvalue weighted by Crippen LogP contribution is 2.52. The molecule has 0 bridgehead atoms. The molecule has 12 aromatic rings. The van der Waals surface area contributed by atoms with Gasteiger partial charge in [-0.05, 0) is 132 Å². The summed E-state index contributed by atoms with van der Waals surface area (Å²) in [5.41, 5.74) is 4.05. The standard InChI is InChI=1S/C40H36O4P2.C38H32O2P2/c1-41-33-25-27-35(45(29-17-9-5-10-18-29)30-19-11-6-12-20-30)37(39(33)43-3)38-36(28-26-34(42-2)40(38)44-4)46(31-21-13-7-14-22-31)32-23-15-8-16-24-32;1-39-33-25-15-27-35(41(29-17-7-3-8-18-29)30-19-9-4-10-20-30)37(33)38-34(40-2)26-16-28-36(38)42(31-21-11-5-12-22-31)32-23-13-6-14-24-32/h5-28H,1-4H3;3-28H,1-2H3. The number of ether oxygens (including phenoxy) is 6. The zero-order chi connectivity index (χ0) is 60.6. The lowest BCUT2D eigenvalue weighted by atomic mass is 10.0. The van der Waals surface area contributed by atoms with Gasteiger partial charge in [0.2, 0.25) is 0 Å². The maximum Gasteiger partial charge on any atom is 0.169 e. The predicted molar refractivity (Wildman–Crippen MR) is 378 cm³/mol. The van der Waals surface area contributed by atoms with Gasteiger partial charge in [0.05, 0.1) is 42.7 Å². The lowest BCUT2D eigenvalue weighted by molar-refractivity contribution is 0.352. The van der Waals surface area contributed by atoms with Crippen molar-refractivity contribution in [2.75, 3.05) is 42.7 Å². The van der Waals surface area contributed by atoms with Crippen molar-refractivity contribution in [2.45, 2.75) is 0 Å². The number of hydrogen-bond acceptors (Lipinski definition) is 6. The van der Waals surface area contributed by atoms with E-state index in [1.165, 1.54) is 53.0 Å². The van der Waals surface area contributed by atoms with Gasteiger partial charge in [-0.3, -0.25) is 0 Å². The molecule has 0 N–H and O–H groups in total. The van der Waals surface area contributed by atoms with Gasteiger partial charge in [-0.2, -0.15) is 0 Å². The minimum absolute atomic E-state index is 0.650. The molecule has 10 heteroatoms. The first kappa shape index (κ1) is 60.8. The molecule has 0 amide bonds. The normalized spacial score (nSPS) is 11.0. The number of benzene rings is 12. The van der Waals surface area contributed by atoms with Crippen LogP contribution in [-0.4, -0.2) is 42.7 Å². The van der Waals surface area contributed by atoms with E-state index in [0.29, 0.717) is 23.0 Å². The van der Waals surface area contributed by atoms with Crippen LogP contribution in [0.3, 0.4) is 0 Å². The third-order valence-electron chi connectivity index (χ3n) is 15.1. The van der Waals surface area contributed by atoms with Gasteiger partial charge in [-0.15, -0.1) is 0 Å². The van der Waals surface area contributed by atoms with Gasteiger partial charge in [-0.25, -0.2) is 0 Å². The molecule has 0 aliphatic rings. The number of hydrogen-bond donors (Lipinski definition) is 0. The second-order valence-electron chi connectivity index (χ2n) is 20.1. The summed E-state index contributed by atoms with van der Waals surface area (Å²) in [7, 11) is 6.47. The van der Waals surface area contributed by atoms with Crippen LogP contribution in [0, 0.1) is 0 Å². The van der Waals surface area contributed by atoms with Gasteiger partial charge in [0.1, 0.15) is 11.5 Å². The van der Waals surface area contributed by atoms with Crippen molar-refractivity contribution in [1.82, 2.24) is 0 Å². The van der Waals surface area contributed by atoms with E-state index in [-0.39, 0.29) is 0 Å². The fourth-order valence-corrected chi connectivity index (χ4v) is 21.1. The molecule has 436 valence electrons. The van der Waals surface area contributed by atoms with E-state index in [1.54, 1.807) is 42.7 Å². The predicted octanol–water partition coefficient (Wildman–Crippen LogP) is 13.8. The smallest absolute Gasteiger partial charge is 0.169 e. The monoisotopic (exact) mass is 1220 g/mol. The van der Waals surface area contributed by atoms with E-state index in [2.05, 4.69) is 291 Å². The molecular formula is C78H68O6P4. The Bertz CT molecular complexity index is 3740. The molecular weight excluding hydrogens is 1160 g/mol. The molecule has 0 aromatic heterocycles. The Hall–Kier alpha value is -8.84.